The maximum atomic E-state index is 11.8. The van der Waals surface area contributed by atoms with Gasteiger partial charge in [-0.1, -0.05) is 55.0 Å². The Morgan fingerprint density at radius 1 is 0.840 bits per heavy atom. The molecule has 0 spiro atoms. The number of rotatable bonds is 12. The standard InChI is InChI=1S/C18H23Cl3O4/c19-12-5-3-1-2-4-6-13-24-16(22)10-11-17(23)25-18-14(20)8-7-9-15(18)21/h7-9H,1-6,10-13H2. The second-order valence-corrected chi connectivity index (χ2v) is 6.75. The van der Waals surface area contributed by atoms with Gasteiger partial charge in [0.15, 0.2) is 5.75 Å². The second kappa shape index (κ2) is 13.3. The molecular weight excluding hydrogens is 387 g/mol. The van der Waals surface area contributed by atoms with Crippen molar-refractivity contribution in [3.8, 4) is 5.75 Å². The highest BCUT2D eigenvalue weighted by Gasteiger charge is 2.14. The normalized spacial score (nSPS) is 10.5. The van der Waals surface area contributed by atoms with Crippen LogP contribution in [0.4, 0.5) is 0 Å². The van der Waals surface area contributed by atoms with E-state index in [-0.39, 0.29) is 28.6 Å². The fraction of sp³-hybridized carbons (Fsp3) is 0.556. The molecule has 0 saturated carbocycles. The minimum Gasteiger partial charge on any atom is -0.466 e. The van der Waals surface area contributed by atoms with Crippen molar-refractivity contribution in [3.05, 3.63) is 28.2 Å². The lowest BCUT2D eigenvalue weighted by Crippen LogP contribution is -2.13. The number of carbonyl (C=O) groups is 2. The lowest BCUT2D eigenvalue weighted by atomic mass is 10.1. The number of alkyl halides is 1. The predicted molar refractivity (Wildman–Crippen MR) is 101 cm³/mol. The molecule has 0 aliphatic rings. The average molecular weight is 410 g/mol. The molecule has 25 heavy (non-hydrogen) atoms. The van der Waals surface area contributed by atoms with Crippen LogP contribution in [-0.4, -0.2) is 24.4 Å². The Hall–Kier alpha value is -0.970. The molecule has 0 amide bonds. The largest absolute Gasteiger partial charge is 0.466 e. The van der Waals surface area contributed by atoms with Crippen LogP contribution in [0.25, 0.3) is 0 Å². The monoisotopic (exact) mass is 408 g/mol. The van der Waals surface area contributed by atoms with Crippen LogP contribution in [0.3, 0.4) is 0 Å². The molecule has 4 nitrogen and oxygen atoms in total. The van der Waals surface area contributed by atoms with E-state index in [9.17, 15) is 9.59 Å². The zero-order valence-electron chi connectivity index (χ0n) is 14.1. The molecule has 7 heteroatoms. The highest BCUT2D eigenvalue weighted by molar-refractivity contribution is 6.37. The highest BCUT2D eigenvalue weighted by Crippen LogP contribution is 2.32. The molecule has 0 radical (unpaired) electrons. The maximum Gasteiger partial charge on any atom is 0.311 e. The zero-order chi connectivity index (χ0) is 18.5. The molecule has 0 aliphatic carbocycles. The van der Waals surface area contributed by atoms with Crippen molar-refractivity contribution in [3.63, 3.8) is 0 Å². The molecule has 0 unspecified atom stereocenters. The minimum atomic E-state index is -0.578. The lowest BCUT2D eigenvalue weighted by Gasteiger charge is -2.08. The SMILES string of the molecule is O=C(CCC(=O)Oc1c(Cl)cccc1Cl)OCCCCCCCCCl. The van der Waals surface area contributed by atoms with Crippen LogP contribution in [0.15, 0.2) is 18.2 Å². The number of ether oxygens (including phenoxy) is 2. The number of esters is 2. The van der Waals surface area contributed by atoms with Gasteiger partial charge in [0.25, 0.3) is 0 Å². The van der Waals surface area contributed by atoms with Crippen molar-refractivity contribution in [1.29, 1.82) is 0 Å². The summed E-state index contributed by atoms with van der Waals surface area (Å²) in [6.07, 6.45) is 6.17. The molecule has 0 N–H and O–H groups in total. The van der Waals surface area contributed by atoms with Gasteiger partial charge in [0, 0.05) is 5.88 Å². The third-order valence-electron chi connectivity index (χ3n) is 3.46. The Kier molecular flexibility index (Phi) is 11.7. The number of hydrogen-bond donors (Lipinski definition) is 0. The Labute approximate surface area is 163 Å². The van der Waals surface area contributed by atoms with E-state index in [4.69, 9.17) is 44.3 Å². The molecule has 0 fully saturated rings. The fourth-order valence-electron chi connectivity index (χ4n) is 2.11. The van der Waals surface area contributed by atoms with Gasteiger partial charge in [-0.2, -0.15) is 0 Å². The van der Waals surface area contributed by atoms with E-state index in [1.807, 2.05) is 0 Å². The lowest BCUT2D eigenvalue weighted by molar-refractivity contribution is -0.147. The summed E-state index contributed by atoms with van der Waals surface area (Å²) >= 11 is 17.4. The van der Waals surface area contributed by atoms with E-state index in [1.54, 1.807) is 18.2 Å². The molecule has 0 bridgehead atoms. The van der Waals surface area contributed by atoms with Gasteiger partial charge in [0.2, 0.25) is 0 Å². The fourth-order valence-corrected chi connectivity index (χ4v) is 2.77. The first kappa shape index (κ1) is 22.1. The summed E-state index contributed by atoms with van der Waals surface area (Å²) in [5.41, 5.74) is 0. The van der Waals surface area contributed by atoms with E-state index in [0.29, 0.717) is 12.5 Å². The van der Waals surface area contributed by atoms with E-state index in [1.165, 1.54) is 0 Å². The summed E-state index contributed by atoms with van der Waals surface area (Å²) in [7, 11) is 0. The summed E-state index contributed by atoms with van der Waals surface area (Å²) in [5.74, 6) is -0.170. The van der Waals surface area contributed by atoms with Gasteiger partial charge in [-0.3, -0.25) is 9.59 Å². The van der Waals surface area contributed by atoms with Crippen LogP contribution in [-0.2, 0) is 14.3 Å². The predicted octanol–water partition coefficient (Wildman–Crippen LogP) is 5.80. The number of benzene rings is 1. The molecule has 0 heterocycles. The molecule has 0 atom stereocenters. The molecule has 140 valence electrons. The highest BCUT2D eigenvalue weighted by atomic mass is 35.5. The first-order valence-corrected chi connectivity index (χ1v) is 9.70. The van der Waals surface area contributed by atoms with Crippen molar-refractivity contribution in [2.45, 2.75) is 51.4 Å². The summed E-state index contributed by atoms with van der Waals surface area (Å²) in [5, 5.41) is 0.490. The van der Waals surface area contributed by atoms with Gasteiger partial charge < -0.3 is 9.47 Å². The van der Waals surface area contributed by atoms with Crippen molar-refractivity contribution in [2.75, 3.05) is 12.5 Å². The Balaban J connectivity index is 2.12. The molecule has 0 aliphatic heterocycles. The number of hydrogen-bond acceptors (Lipinski definition) is 4. The second-order valence-electron chi connectivity index (χ2n) is 5.56. The third-order valence-corrected chi connectivity index (χ3v) is 4.32. The van der Waals surface area contributed by atoms with E-state index >= 15 is 0 Å². The number of para-hydroxylation sites is 1. The maximum absolute atomic E-state index is 11.8. The van der Waals surface area contributed by atoms with Gasteiger partial charge in [0.1, 0.15) is 0 Å². The van der Waals surface area contributed by atoms with Gasteiger partial charge in [-0.15, -0.1) is 11.6 Å². The quantitative estimate of drug-likeness (QED) is 0.189. The number of unbranched alkanes of at least 4 members (excludes halogenated alkanes) is 5. The van der Waals surface area contributed by atoms with Crippen LogP contribution >= 0.6 is 34.8 Å². The van der Waals surface area contributed by atoms with Crippen LogP contribution in [0, 0.1) is 0 Å². The van der Waals surface area contributed by atoms with Crippen molar-refractivity contribution in [2.24, 2.45) is 0 Å². The number of carbonyl (C=O) groups excluding carboxylic acids is 2. The molecule has 1 aromatic carbocycles. The summed E-state index contributed by atoms with van der Waals surface area (Å²) in [4.78, 5) is 23.4. The first-order valence-electron chi connectivity index (χ1n) is 8.41. The van der Waals surface area contributed by atoms with Gasteiger partial charge in [-0.25, -0.2) is 0 Å². The molecule has 0 aromatic heterocycles. The van der Waals surface area contributed by atoms with Crippen molar-refractivity contribution in [1.82, 2.24) is 0 Å². The summed E-state index contributed by atoms with van der Waals surface area (Å²) in [6.45, 7) is 0.375. The third kappa shape index (κ3) is 9.93. The molecule has 1 aromatic rings. The van der Waals surface area contributed by atoms with E-state index in [0.717, 1.165) is 38.5 Å². The van der Waals surface area contributed by atoms with Crippen LogP contribution in [0.1, 0.15) is 51.4 Å². The van der Waals surface area contributed by atoms with Crippen LogP contribution < -0.4 is 4.74 Å². The minimum absolute atomic E-state index is 0.0311. The zero-order valence-corrected chi connectivity index (χ0v) is 16.3. The Bertz CT molecular complexity index is 529. The van der Waals surface area contributed by atoms with Crippen LogP contribution in [0.5, 0.6) is 5.75 Å². The number of halogens is 3. The van der Waals surface area contributed by atoms with E-state index in [2.05, 4.69) is 0 Å². The van der Waals surface area contributed by atoms with Gasteiger partial charge in [-0.05, 0) is 25.0 Å². The molecule has 1 rings (SSSR count). The molecular formula is C18H23Cl3O4. The van der Waals surface area contributed by atoms with Gasteiger partial charge in [0.05, 0.1) is 29.5 Å². The summed E-state index contributed by atoms with van der Waals surface area (Å²) < 4.78 is 10.2. The average Bonchev–Trinajstić information content (AvgIpc) is 2.59. The van der Waals surface area contributed by atoms with Crippen molar-refractivity contribution >= 4 is 46.7 Å². The van der Waals surface area contributed by atoms with Crippen LogP contribution in [0.2, 0.25) is 10.0 Å². The van der Waals surface area contributed by atoms with E-state index < -0.39 is 11.9 Å². The first-order chi connectivity index (χ1) is 12.0. The topological polar surface area (TPSA) is 52.6 Å². The molecule has 0 saturated heterocycles. The smallest absolute Gasteiger partial charge is 0.311 e. The van der Waals surface area contributed by atoms with Gasteiger partial charge >= 0.3 is 11.9 Å². The Morgan fingerprint density at radius 2 is 1.40 bits per heavy atom. The summed E-state index contributed by atoms with van der Waals surface area (Å²) in [6, 6.07) is 4.79. The van der Waals surface area contributed by atoms with Crippen molar-refractivity contribution < 1.29 is 19.1 Å². The Morgan fingerprint density at radius 3 is 2.04 bits per heavy atom.